The molecule has 1 aromatic heterocycles. The minimum absolute atomic E-state index is 0.0630. The van der Waals surface area contributed by atoms with Gasteiger partial charge in [0.1, 0.15) is 5.69 Å². The number of anilines is 1. The van der Waals surface area contributed by atoms with E-state index in [4.69, 9.17) is 11.6 Å². The van der Waals surface area contributed by atoms with Gasteiger partial charge < -0.3 is 10.4 Å². The monoisotopic (exact) mass is 505 g/mol. The van der Waals surface area contributed by atoms with Crippen molar-refractivity contribution in [1.82, 2.24) is 9.78 Å². The van der Waals surface area contributed by atoms with Crippen LogP contribution in [0.25, 0.3) is 0 Å². The average molecular weight is 506 g/mol. The molecule has 0 saturated heterocycles. The lowest BCUT2D eigenvalue weighted by molar-refractivity contribution is -0.144. The molecule has 2 N–H and O–H groups in total. The number of nitrogens with one attached hydrogen (secondary N) is 1. The molecular weight excluding hydrogens is 492 g/mol. The Morgan fingerprint density at radius 2 is 1.74 bits per heavy atom. The van der Waals surface area contributed by atoms with Crippen molar-refractivity contribution in [2.75, 3.05) is 5.32 Å². The first-order chi connectivity index (χ1) is 15.7. The zero-order valence-electron chi connectivity index (χ0n) is 17.1. The Balaban J connectivity index is 1.88. The fourth-order valence-electron chi connectivity index (χ4n) is 3.16. The lowest BCUT2D eigenvalue weighted by Gasteiger charge is -2.14. The number of amides is 1. The maximum atomic E-state index is 13.2. The minimum atomic E-state index is -5.06. The second-order valence-corrected chi connectivity index (χ2v) is 7.55. The molecule has 34 heavy (non-hydrogen) atoms. The van der Waals surface area contributed by atoms with E-state index in [0.29, 0.717) is 5.56 Å². The molecule has 0 aliphatic rings. The van der Waals surface area contributed by atoms with Crippen LogP contribution in [-0.2, 0) is 18.9 Å². The van der Waals surface area contributed by atoms with Crippen molar-refractivity contribution < 1.29 is 41.0 Å². The molecule has 2 aromatic carbocycles. The van der Waals surface area contributed by atoms with Gasteiger partial charge in [0, 0.05) is 11.8 Å². The molecule has 0 saturated carbocycles. The zero-order valence-corrected chi connectivity index (χ0v) is 17.8. The number of benzene rings is 2. The van der Waals surface area contributed by atoms with Gasteiger partial charge >= 0.3 is 18.3 Å². The van der Waals surface area contributed by atoms with Gasteiger partial charge in [-0.25, -0.2) is 4.79 Å². The molecule has 1 amide bonds. The standard InChI is InChI=1S/C21H14ClF6N3O3/c1-10-7-11(9-31-16(21(26,27)28)8-15(30-31)20(23,24)25)5-6-14(10)29-18(32)12-3-2-4-13(22)17(12)19(33)34/h2-8H,9H2,1H3,(H,29,32)(H,33,34). The SMILES string of the molecule is Cc1cc(Cn2nc(C(F)(F)F)cc2C(F)(F)F)ccc1NC(=O)c1cccc(Cl)c1C(=O)O. The fraction of sp³-hybridized carbons (Fsp3) is 0.190. The summed E-state index contributed by atoms with van der Waals surface area (Å²) < 4.78 is 78.4. The first-order valence-electron chi connectivity index (χ1n) is 9.33. The maximum Gasteiger partial charge on any atom is 0.435 e. The van der Waals surface area contributed by atoms with Gasteiger partial charge in [0.05, 0.1) is 22.7 Å². The van der Waals surface area contributed by atoms with E-state index < -0.39 is 47.7 Å². The quantitative estimate of drug-likeness (QED) is 0.424. The number of hydrogen-bond donors (Lipinski definition) is 2. The largest absolute Gasteiger partial charge is 0.478 e. The van der Waals surface area contributed by atoms with E-state index >= 15 is 0 Å². The summed E-state index contributed by atoms with van der Waals surface area (Å²) in [6.07, 6.45) is -10.1. The number of aromatic carboxylic acids is 1. The number of carboxylic acid groups (broad SMARTS) is 1. The number of rotatable bonds is 5. The smallest absolute Gasteiger partial charge is 0.435 e. The van der Waals surface area contributed by atoms with Crippen LogP contribution in [0.15, 0.2) is 42.5 Å². The molecule has 6 nitrogen and oxygen atoms in total. The van der Waals surface area contributed by atoms with Gasteiger partial charge in [-0.05, 0) is 36.2 Å². The Labute approximate surface area is 192 Å². The average Bonchev–Trinajstić information content (AvgIpc) is 3.14. The number of alkyl halides is 6. The van der Waals surface area contributed by atoms with Crippen molar-refractivity contribution in [1.29, 1.82) is 0 Å². The third-order valence-corrected chi connectivity index (χ3v) is 5.02. The molecule has 0 aliphatic carbocycles. The van der Waals surface area contributed by atoms with Gasteiger partial charge in [-0.1, -0.05) is 29.8 Å². The molecule has 1 heterocycles. The molecule has 13 heteroatoms. The molecule has 0 fully saturated rings. The number of nitrogens with zero attached hydrogens (tertiary/aromatic N) is 2. The van der Waals surface area contributed by atoms with Crippen molar-refractivity contribution in [2.24, 2.45) is 0 Å². The van der Waals surface area contributed by atoms with Crippen molar-refractivity contribution in [3.05, 3.63) is 81.1 Å². The summed E-state index contributed by atoms with van der Waals surface area (Å²) >= 11 is 5.86. The van der Waals surface area contributed by atoms with Gasteiger partial charge in [-0.15, -0.1) is 0 Å². The predicted molar refractivity (Wildman–Crippen MR) is 109 cm³/mol. The van der Waals surface area contributed by atoms with E-state index in [1.807, 2.05) is 0 Å². The van der Waals surface area contributed by atoms with Crippen molar-refractivity contribution >= 4 is 29.2 Å². The van der Waals surface area contributed by atoms with Crippen LogP contribution < -0.4 is 5.32 Å². The summed E-state index contributed by atoms with van der Waals surface area (Å²) in [5, 5.41) is 14.7. The van der Waals surface area contributed by atoms with Crippen molar-refractivity contribution in [3.63, 3.8) is 0 Å². The topological polar surface area (TPSA) is 84.2 Å². The van der Waals surface area contributed by atoms with Gasteiger partial charge in [0.15, 0.2) is 5.69 Å². The summed E-state index contributed by atoms with van der Waals surface area (Å²) in [5.74, 6) is -2.21. The third kappa shape index (κ3) is 5.33. The van der Waals surface area contributed by atoms with Crippen LogP contribution in [0.4, 0.5) is 32.0 Å². The van der Waals surface area contributed by atoms with Crippen LogP contribution in [-0.4, -0.2) is 26.8 Å². The Morgan fingerprint density at radius 3 is 2.29 bits per heavy atom. The summed E-state index contributed by atoms with van der Waals surface area (Å²) in [6.45, 7) is 0.890. The lowest BCUT2D eigenvalue weighted by atomic mass is 10.1. The maximum absolute atomic E-state index is 13.2. The Bertz CT molecular complexity index is 1270. The summed E-state index contributed by atoms with van der Waals surface area (Å²) in [7, 11) is 0. The highest BCUT2D eigenvalue weighted by atomic mass is 35.5. The lowest BCUT2D eigenvalue weighted by Crippen LogP contribution is -2.18. The van der Waals surface area contributed by atoms with Crippen molar-refractivity contribution in [2.45, 2.75) is 25.8 Å². The highest BCUT2D eigenvalue weighted by Gasteiger charge is 2.41. The highest BCUT2D eigenvalue weighted by Crippen LogP contribution is 2.35. The first-order valence-corrected chi connectivity index (χ1v) is 9.71. The molecular formula is C21H14ClF6N3O3. The Hall–Kier alpha value is -3.54. The summed E-state index contributed by atoms with van der Waals surface area (Å²) in [5.41, 5.74) is -3.09. The Kier molecular flexibility index (Phi) is 6.65. The van der Waals surface area contributed by atoms with E-state index in [1.165, 1.54) is 43.3 Å². The highest BCUT2D eigenvalue weighted by molar-refractivity contribution is 6.34. The van der Waals surface area contributed by atoms with Gasteiger partial charge in [-0.2, -0.15) is 31.4 Å². The van der Waals surface area contributed by atoms with Gasteiger partial charge in [0.2, 0.25) is 0 Å². The number of aromatic nitrogens is 2. The van der Waals surface area contributed by atoms with Crippen molar-refractivity contribution in [3.8, 4) is 0 Å². The number of carbonyl (C=O) groups is 2. The third-order valence-electron chi connectivity index (χ3n) is 4.70. The molecule has 3 aromatic rings. The molecule has 180 valence electrons. The first kappa shape index (κ1) is 25.1. The van der Waals surface area contributed by atoms with Crippen LogP contribution in [0.2, 0.25) is 5.02 Å². The normalized spacial score (nSPS) is 12.0. The fourth-order valence-corrected chi connectivity index (χ4v) is 3.42. The van der Waals surface area contributed by atoms with Gasteiger partial charge in [-0.3, -0.25) is 9.48 Å². The molecule has 0 unspecified atom stereocenters. The summed E-state index contributed by atoms with van der Waals surface area (Å²) in [6, 6.07) is 7.87. The molecule has 3 rings (SSSR count). The molecule has 0 atom stereocenters. The van der Waals surface area contributed by atoms with E-state index in [2.05, 4.69) is 10.4 Å². The van der Waals surface area contributed by atoms with Gasteiger partial charge in [0.25, 0.3) is 5.91 Å². The molecule has 0 spiro atoms. The van der Waals surface area contributed by atoms with Crippen LogP contribution in [0.5, 0.6) is 0 Å². The molecule has 0 aliphatic heterocycles. The minimum Gasteiger partial charge on any atom is -0.478 e. The van der Waals surface area contributed by atoms with Crippen LogP contribution in [0, 0.1) is 6.92 Å². The number of hydrogen-bond acceptors (Lipinski definition) is 3. The van der Waals surface area contributed by atoms with Crippen LogP contribution >= 0.6 is 11.6 Å². The second kappa shape index (κ2) is 9.01. The number of carbonyl (C=O) groups excluding carboxylic acids is 1. The predicted octanol–water partition coefficient (Wildman–Crippen LogP) is 5.88. The zero-order chi connectivity index (χ0) is 25.4. The number of halogens is 7. The Morgan fingerprint density at radius 1 is 1.06 bits per heavy atom. The molecule has 0 bridgehead atoms. The van der Waals surface area contributed by atoms with E-state index in [1.54, 1.807) is 0 Å². The van der Waals surface area contributed by atoms with E-state index in [9.17, 15) is 41.0 Å². The van der Waals surface area contributed by atoms with E-state index in [0.717, 1.165) is 0 Å². The van der Waals surface area contributed by atoms with E-state index in [-0.39, 0.29) is 32.6 Å². The van der Waals surface area contributed by atoms with Crippen LogP contribution in [0.3, 0.4) is 0 Å². The second-order valence-electron chi connectivity index (χ2n) is 7.14. The number of aryl methyl sites for hydroxylation is 1. The molecule has 0 radical (unpaired) electrons. The van der Waals surface area contributed by atoms with Crippen LogP contribution in [0.1, 0.15) is 43.2 Å². The summed E-state index contributed by atoms with van der Waals surface area (Å²) in [4.78, 5) is 24.0. The number of carboxylic acids is 1.